The van der Waals surface area contributed by atoms with Gasteiger partial charge in [0.15, 0.2) is 11.6 Å². The van der Waals surface area contributed by atoms with Crippen LogP contribution in [0.15, 0.2) is 23.9 Å². The van der Waals surface area contributed by atoms with E-state index >= 15 is 0 Å². The van der Waals surface area contributed by atoms with Gasteiger partial charge in [-0.1, -0.05) is 63.5 Å². The Morgan fingerprint density at radius 2 is 1.33 bits per heavy atom. The minimum Gasteiger partial charge on any atom is -0.686 e. The van der Waals surface area contributed by atoms with E-state index in [1.807, 2.05) is 0 Å². The van der Waals surface area contributed by atoms with Gasteiger partial charge in [-0.15, -0.1) is 50.4 Å². The van der Waals surface area contributed by atoms with Crippen molar-refractivity contribution in [3.05, 3.63) is 50.5 Å². The molecule has 6 rings (SSSR count). The summed E-state index contributed by atoms with van der Waals surface area (Å²) >= 11 is 0. The third kappa shape index (κ3) is 6.72. The topological polar surface area (TPSA) is 136 Å². The summed E-state index contributed by atoms with van der Waals surface area (Å²) in [6.45, 7) is 3.55. The molecular weight excluding hydrogens is 543 g/mol. The molecule has 5 aliphatic heterocycles. The zero-order valence-corrected chi connectivity index (χ0v) is 22.8. The molecule has 0 spiro atoms. The van der Waals surface area contributed by atoms with Gasteiger partial charge in [0, 0.05) is 11.8 Å². The van der Waals surface area contributed by atoms with E-state index in [2.05, 4.69) is 34.2 Å². The van der Waals surface area contributed by atoms with Gasteiger partial charge in [-0.05, 0) is 12.8 Å². The normalized spacial score (nSPS) is 37.9. The fraction of sp³-hybridized carbons (Fsp3) is 0.778. The van der Waals surface area contributed by atoms with Gasteiger partial charge in [-0.25, -0.2) is 0 Å². The van der Waals surface area contributed by atoms with Crippen molar-refractivity contribution >= 4 is 11.6 Å². The third-order valence-electron chi connectivity index (χ3n) is 8.31. The Balaban J connectivity index is 0.000000191. The number of allylic oxidation sites excluding steroid dienone is 2. The summed E-state index contributed by atoms with van der Waals surface area (Å²) in [5.41, 5.74) is 1.19. The Bertz CT molecular complexity index is 768. The van der Waals surface area contributed by atoms with Crippen LogP contribution in [0.5, 0.6) is 0 Å². The van der Waals surface area contributed by atoms with Gasteiger partial charge >= 0.3 is 19.5 Å². The summed E-state index contributed by atoms with van der Waals surface area (Å²) in [5, 5.41) is 23.5. The smallest absolute Gasteiger partial charge is 0.686 e. The zero-order chi connectivity index (χ0) is 23.3. The van der Waals surface area contributed by atoms with Crippen molar-refractivity contribution < 1.29 is 34.5 Å². The number of piperidine rings is 4. The molecule has 36 heavy (non-hydrogen) atoms. The Hall–Kier alpha value is -0.957. The fourth-order valence-electron chi connectivity index (χ4n) is 6.53. The zero-order valence-electron chi connectivity index (χ0n) is 21.1. The van der Waals surface area contributed by atoms with E-state index in [0.29, 0.717) is 18.1 Å². The van der Waals surface area contributed by atoms with Crippen molar-refractivity contribution in [1.29, 1.82) is 0 Å². The molecule has 0 aromatic rings. The van der Waals surface area contributed by atoms with Crippen molar-refractivity contribution in [2.24, 2.45) is 11.8 Å². The number of ketones is 2. The van der Waals surface area contributed by atoms with Gasteiger partial charge in [0.1, 0.15) is 0 Å². The van der Waals surface area contributed by atoms with Crippen molar-refractivity contribution in [3.8, 4) is 0 Å². The Morgan fingerprint density at radius 1 is 0.694 bits per heavy atom. The predicted octanol–water partition coefficient (Wildman–Crippen LogP) is 4.65. The maximum absolute atomic E-state index is 12.0. The summed E-state index contributed by atoms with van der Waals surface area (Å²) in [6, 6.07) is 1.34. The van der Waals surface area contributed by atoms with Crippen LogP contribution < -0.4 is 0 Å². The van der Waals surface area contributed by atoms with E-state index in [1.165, 1.54) is 44.2 Å². The van der Waals surface area contributed by atoms with E-state index < -0.39 is 0 Å². The first-order valence-electron chi connectivity index (χ1n) is 13.5. The number of carbonyl (C=O) groups excluding carboxylic acids is 2. The molecule has 7 atom stereocenters. The van der Waals surface area contributed by atoms with Crippen LogP contribution in [0.2, 0.25) is 0 Å². The number of carbonyl (C=O) groups is 2. The summed E-state index contributed by atoms with van der Waals surface area (Å²) in [6.07, 6.45) is 17.4. The molecule has 0 radical (unpaired) electrons. The molecule has 1 saturated carbocycles. The minimum atomic E-state index is -0.160. The maximum atomic E-state index is 12.0. The standard InChI is InChI=1S/C15H22N3.C12H16N2O2.H2O.Ru/c1-3-10-16-12(6-1)14-8-5-9-15(18-14)13-7-2-4-11-17-13;15-11-7-3-1-5-13-9(7)10-8(12(11)16)4-2-6-14-10;;/h1,3,6,13-15H,2,4-5,7-11H2;7-10H,1-6H2;1H2;/q-3;-2;;+2. The molecule has 8 nitrogen and oxygen atoms in total. The number of hydrogen-bond donors (Lipinski definition) is 0. The molecule has 0 aromatic heterocycles. The average Bonchev–Trinajstić information content (AvgIpc) is 2.93. The van der Waals surface area contributed by atoms with Crippen LogP contribution in [-0.2, 0) is 29.1 Å². The number of hydrogen-bond acceptors (Lipinski definition) is 2. The van der Waals surface area contributed by atoms with E-state index in [0.717, 1.165) is 51.9 Å². The molecule has 2 N–H and O–H groups in total. The van der Waals surface area contributed by atoms with Gasteiger partial charge < -0.3 is 32.1 Å². The monoisotopic (exact) mass is 584 g/mol. The number of Topliss-reactive ketones (excluding diaryl/α,β-unsaturated/α-hetero) is 2. The summed E-state index contributed by atoms with van der Waals surface area (Å²) in [5.74, 6) is -0.618. The van der Waals surface area contributed by atoms with Crippen LogP contribution in [-0.4, -0.2) is 73.4 Å². The van der Waals surface area contributed by atoms with E-state index in [1.54, 1.807) is 0 Å². The molecule has 202 valence electrons. The average molecular weight is 584 g/mol. The third-order valence-corrected chi connectivity index (χ3v) is 8.31. The molecule has 7 unspecified atom stereocenters. The first kappa shape index (κ1) is 29.6. The van der Waals surface area contributed by atoms with Crippen LogP contribution in [0.4, 0.5) is 0 Å². The first-order valence-corrected chi connectivity index (χ1v) is 13.5. The largest absolute Gasteiger partial charge is 2.00 e. The molecule has 5 heterocycles. The van der Waals surface area contributed by atoms with Gasteiger partial charge in [0.2, 0.25) is 0 Å². The molecular formula is C27H40N5O3Ru-3. The van der Waals surface area contributed by atoms with Crippen molar-refractivity contribution in [2.75, 3.05) is 26.2 Å². The van der Waals surface area contributed by atoms with Crippen LogP contribution in [0, 0.1) is 11.8 Å². The maximum Gasteiger partial charge on any atom is 2.00 e. The molecule has 0 amide bonds. The van der Waals surface area contributed by atoms with E-state index in [-0.39, 0.29) is 60.4 Å². The number of fused-ring (bicyclic) bond motifs is 3. The van der Waals surface area contributed by atoms with E-state index in [9.17, 15) is 9.59 Å². The van der Waals surface area contributed by atoms with Crippen molar-refractivity contribution in [1.82, 2.24) is 0 Å². The van der Waals surface area contributed by atoms with Crippen molar-refractivity contribution in [3.63, 3.8) is 0 Å². The summed E-state index contributed by atoms with van der Waals surface area (Å²) < 4.78 is 0. The van der Waals surface area contributed by atoms with Crippen LogP contribution in [0.1, 0.15) is 64.2 Å². The Kier molecular flexibility index (Phi) is 11.7. The minimum absolute atomic E-state index is 0. The van der Waals surface area contributed by atoms with Crippen LogP contribution in [0.25, 0.3) is 26.6 Å². The molecule has 6 aliphatic rings. The second-order valence-electron chi connectivity index (χ2n) is 10.5. The molecule has 4 saturated heterocycles. The van der Waals surface area contributed by atoms with Gasteiger partial charge in [0.05, 0.1) is 0 Å². The first-order chi connectivity index (χ1) is 16.7. The summed E-state index contributed by atoms with van der Waals surface area (Å²) in [4.78, 5) is 23.9. The Labute approximate surface area is 228 Å². The SMILES string of the molecule is C1=CC[N-]C(C2CCCC(C3CCCC[N-]3)[N-]2)=C1.O.O=C1C(=O)C2CCC[N-]C2C2[N-]CCCC12.[Ru+2]. The second kappa shape index (κ2) is 14.3. The summed E-state index contributed by atoms with van der Waals surface area (Å²) in [7, 11) is 0. The quantitative estimate of drug-likeness (QED) is 0.345. The van der Waals surface area contributed by atoms with Gasteiger partial charge in [-0.2, -0.15) is 17.8 Å². The fourth-order valence-corrected chi connectivity index (χ4v) is 6.53. The number of nitrogens with zero attached hydrogens (tertiary/aromatic N) is 5. The number of rotatable bonds is 2. The second-order valence-corrected chi connectivity index (χ2v) is 10.5. The molecule has 9 heteroatoms. The Morgan fingerprint density at radius 3 is 1.92 bits per heavy atom. The molecule has 0 aromatic carbocycles. The predicted molar refractivity (Wildman–Crippen MR) is 139 cm³/mol. The van der Waals surface area contributed by atoms with Crippen molar-refractivity contribution in [2.45, 2.75) is 94.4 Å². The van der Waals surface area contributed by atoms with Gasteiger partial charge in [-0.3, -0.25) is 9.59 Å². The van der Waals surface area contributed by atoms with Crippen LogP contribution in [0.3, 0.4) is 0 Å². The van der Waals surface area contributed by atoms with E-state index in [4.69, 9.17) is 10.6 Å². The van der Waals surface area contributed by atoms with Gasteiger partial charge in [0.25, 0.3) is 0 Å². The molecule has 1 aliphatic carbocycles. The van der Waals surface area contributed by atoms with Crippen LogP contribution >= 0.6 is 0 Å². The molecule has 0 bridgehead atoms. The molecule has 5 fully saturated rings.